The molecule has 2 N–H and O–H groups in total. The van der Waals surface area contributed by atoms with Crippen LogP contribution in [-0.4, -0.2) is 57.4 Å². The van der Waals surface area contributed by atoms with E-state index >= 15 is 0 Å². The molecule has 2 fully saturated rings. The lowest BCUT2D eigenvalue weighted by atomic mass is 10.1. The van der Waals surface area contributed by atoms with Crippen LogP contribution in [-0.2, 0) is 16.1 Å². The van der Waals surface area contributed by atoms with Crippen LogP contribution in [0.4, 0.5) is 5.69 Å². The minimum Gasteiger partial charge on any atom is -0.494 e. The van der Waals surface area contributed by atoms with Gasteiger partial charge in [0.15, 0.2) is 17.5 Å². The van der Waals surface area contributed by atoms with E-state index in [-0.39, 0.29) is 31.1 Å². The Morgan fingerprint density at radius 3 is 2.53 bits per heavy atom. The zero-order valence-corrected chi connectivity index (χ0v) is 19.7. The molecule has 5 rings (SSSR count). The average Bonchev–Trinajstić information content (AvgIpc) is 3.44. The predicted molar refractivity (Wildman–Crippen MR) is 125 cm³/mol. The molecule has 0 aromatic heterocycles. The number of fused-ring (bicyclic) bond motifs is 1. The first kappa shape index (κ1) is 22.7. The molecule has 0 spiro atoms. The SMILES string of the molecule is CCCCOc1ccc(N2C(=O)C[C@@H]([NH+]3CC[NH+](Cc4ccc5c(c4)OCO5)CC3)C2=O)cc1. The number of nitrogens with zero attached hydrogens (tertiary/aromatic N) is 1. The van der Waals surface area contributed by atoms with Crippen LogP contribution >= 0.6 is 0 Å². The normalized spacial score (nSPS) is 24.0. The van der Waals surface area contributed by atoms with Gasteiger partial charge in [0.05, 0.1) is 18.7 Å². The van der Waals surface area contributed by atoms with Crippen LogP contribution in [0, 0.1) is 0 Å². The Kier molecular flexibility index (Phi) is 6.69. The lowest BCUT2D eigenvalue weighted by molar-refractivity contribution is -1.02. The van der Waals surface area contributed by atoms with Crippen LogP contribution in [0.3, 0.4) is 0 Å². The molecule has 3 heterocycles. The molecule has 180 valence electrons. The lowest BCUT2D eigenvalue weighted by Crippen LogP contribution is -3.29. The number of benzene rings is 2. The van der Waals surface area contributed by atoms with Gasteiger partial charge in [-0.05, 0) is 48.9 Å². The van der Waals surface area contributed by atoms with Crippen molar-refractivity contribution in [2.75, 3.05) is 44.5 Å². The maximum Gasteiger partial charge on any atom is 0.292 e. The summed E-state index contributed by atoms with van der Waals surface area (Å²) in [5.74, 6) is 2.19. The van der Waals surface area contributed by atoms with Crippen LogP contribution in [0.25, 0.3) is 0 Å². The quantitative estimate of drug-likeness (QED) is 0.429. The van der Waals surface area contributed by atoms with Gasteiger partial charge >= 0.3 is 0 Å². The maximum atomic E-state index is 13.2. The lowest BCUT2D eigenvalue weighted by Gasteiger charge is -2.32. The van der Waals surface area contributed by atoms with Crippen LogP contribution in [0.2, 0.25) is 0 Å². The Bertz CT molecular complexity index is 1030. The van der Waals surface area contributed by atoms with Gasteiger partial charge in [-0.15, -0.1) is 0 Å². The summed E-state index contributed by atoms with van der Waals surface area (Å²) in [5, 5.41) is 0. The predicted octanol–water partition coefficient (Wildman–Crippen LogP) is 0.210. The van der Waals surface area contributed by atoms with Crippen LogP contribution < -0.4 is 28.9 Å². The zero-order valence-electron chi connectivity index (χ0n) is 19.7. The number of hydrogen-bond donors (Lipinski definition) is 2. The third kappa shape index (κ3) is 4.74. The molecule has 2 amide bonds. The molecule has 0 bridgehead atoms. The number of amides is 2. The highest BCUT2D eigenvalue weighted by molar-refractivity contribution is 6.21. The molecular weight excluding hydrogens is 434 g/mol. The van der Waals surface area contributed by atoms with Crippen molar-refractivity contribution in [3.05, 3.63) is 48.0 Å². The van der Waals surface area contributed by atoms with Gasteiger partial charge in [-0.1, -0.05) is 13.3 Å². The fraction of sp³-hybridized carbons (Fsp3) is 0.462. The maximum absolute atomic E-state index is 13.2. The molecule has 0 saturated carbocycles. The Morgan fingerprint density at radius 2 is 1.76 bits per heavy atom. The van der Waals surface area contributed by atoms with Gasteiger partial charge in [-0.25, -0.2) is 4.90 Å². The van der Waals surface area contributed by atoms with E-state index < -0.39 is 0 Å². The number of carbonyl (C=O) groups excluding carboxylic acids is 2. The minimum atomic E-state index is -0.292. The van der Waals surface area contributed by atoms with Crippen molar-refractivity contribution in [3.8, 4) is 17.2 Å². The van der Waals surface area contributed by atoms with Gasteiger partial charge in [0.25, 0.3) is 5.91 Å². The highest BCUT2D eigenvalue weighted by Crippen LogP contribution is 2.32. The van der Waals surface area contributed by atoms with E-state index in [1.165, 1.54) is 20.3 Å². The molecule has 2 aromatic rings. The van der Waals surface area contributed by atoms with E-state index in [9.17, 15) is 9.59 Å². The molecule has 3 aliphatic heterocycles. The van der Waals surface area contributed by atoms with Crippen molar-refractivity contribution in [1.82, 2.24) is 0 Å². The van der Waals surface area contributed by atoms with Crippen molar-refractivity contribution in [1.29, 1.82) is 0 Å². The molecule has 2 saturated heterocycles. The van der Waals surface area contributed by atoms with Crippen molar-refractivity contribution in [2.45, 2.75) is 38.8 Å². The number of anilines is 1. The first-order valence-electron chi connectivity index (χ1n) is 12.3. The Balaban J connectivity index is 1.16. The van der Waals surface area contributed by atoms with Crippen LogP contribution in [0.15, 0.2) is 42.5 Å². The number of ether oxygens (including phenoxy) is 3. The summed E-state index contributed by atoms with van der Waals surface area (Å²) in [4.78, 5) is 30.0. The molecule has 0 unspecified atom stereocenters. The van der Waals surface area contributed by atoms with E-state index in [0.717, 1.165) is 62.8 Å². The number of imide groups is 1. The second-order valence-corrected chi connectivity index (χ2v) is 9.29. The Morgan fingerprint density at radius 1 is 1.00 bits per heavy atom. The molecule has 8 heteroatoms. The summed E-state index contributed by atoms with van der Waals surface area (Å²) in [5.41, 5.74) is 1.86. The number of quaternary nitrogens is 2. The van der Waals surface area contributed by atoms with Gasteiger partial charge in [-0.2, -0.15) is 0 Å². The van der Waals surface area contributed by atoms with Gasteiger partial charge in [0, 0.05) is 5.56 Å². The average molecular weight is 468 g/mol. The van der Waals surface area contributed by atoms with Crippen molar-refractivity contribution in [3.63, 3.8) is 0 Å². The first-order valence-corrected chi connectivity index (χ1v) is 12.3. The molecule has 0 aliphatic carbocycles. The fourth-order valence-corrected chi connectivity index (χ4v) is 5.04. The number of hydrogen-bond acceptors (Lipinski definition) is 5. The summed E-state index contributed by atoms with van der Waals surface area (Å²) >= 11 is 0. The molecular formula is C26H33N3O5+2. The van der Waals surface area contributed by atoms with E-state index in [4.69, 9.17) is 14.2 Å². The topological polar surface area (TPSA) is 73.9 Å². The molecule has 8 nitrogen and oxygen atoms in total. The Hall–Kier alpha value is -3.10. The van der Waals surface area contributed by atoms with Gasteiger partial charge in [0.2, 0.25) is 12.7 Å². The van der Waals surface area contributed by atoms with Gasteiger partial charge in [-0.3, -0.25) is 9.59 Å². The first-order chi connectivity index (χ1) is 16.6. The highest BCUT2D eigenvalue weighted by Gasteiger charge is 2.47. The Labute approximate surface area is 200 Å². The van der Waals surface area contributed by atoms with Gasteiger partial charge < -0.3 is 24.0 Å². The molecule has 0 radical (unpaired) electrons. The molecule has 1 atom stereocenters. The molecule has 2 aromatic carbocycles. The third-order valence-corrected chi connectivity index (χ3v) is 6.99. The van der Waals surface area contributed by atoms with Gasteiger partial charge in [0.1, 0.15) is 38.5 Å². The van der Waals surface area contributed by atoms with Crippen molar-refractivity contribution in [2.24, 2.45) is 0 Å². The number of rotatable bonds is 8. The standard InChI is InChI=1S/C26H31N3O5/c1-2-3-14-32-21-7-5-20(6-8-21)29-25(30)16-22(26(29)31)28-12-10-27(11-13-28)17-19-4-9-23-24(15-19)34-18-33-23/h4-9,15,22H,2-3,10-14,16-18H2,1H3/p+2/t22-/m1/s1. The van der Waals surface area contributed by atoms with E-state index in [2.05, 4.69) is 19.1 Å². The largest absolute Gasteiger partial charge is 0.494 e. The molecule has 34 heavy (non-hydrogen) atoms. The zero-order chi connectivity index (χ0) is 23.5. The van der Waals surface area contributed by atoms with E-state index in [1.807, 2.05) is 30.3 Å². The highest BCUT2D eigenvalue weighted by atomic mass is 16.7. The second kappa shape index (κ2) is 10.0. The molecule has 3 aliphatic rings. The van der Waals surface area contributed by atoms with E-state index in [0.29, 0.717) is 12.3 Å². The summed E-state index contributed by atoms with van der Waals surface area (Å²) < 4.78 is 16.6. The summed E-state index contributed by atoms with van der Waals surface area (Å²) in [6.07, 6.45) is 2.36. The number of carbonyl (C=O) groups is 2. The number of piperazine rings is 1. The van der Waals surface area contributed by atoms with E-state index in [1.54, 1.807) is 0 Å². The summed E-state index contributed by atoms with van der Waals surface area (Å²) in [6.45, 7) is 7.68. The summed E-state index contributed by atoms with van der Waals surface area (Å²) in [6, 6.07) is 13.1. The van der Waals surface area contributed by atoms with Crippen LogP contribution in [0.1, 0.15) is 31.7 Å². The van der Waals surface area contributed by atoms with Crippen molar-refractivity contribution >= 4 is 17.5 Å². The summed E-state index contributed by atoms with van der Waals surface area (Å²) in [7, 11) is 0. The van der Waals surface area contributed by atoms with Crippen molar-refractivity contribution < 1.29 is 33.6 Å². The third-order valence-electron chi connectivity index (χ3n) is 6.99. The smallest absolute Gasteiger partial charge is 0.292 e. The second-order valence-electron chi connectivity index (χ2n) is 9.29. The minimum absolute atomic E-state index is 0.0844. The monoisotopic (exact) mass is 467 g/mol. The number of nitrogens with one attached hydrogen (secondary N) is 2. The number of unbranched alkanes of at least 4 members (excludes halogenated alkanes) is 1. The fourth-order valence-electron chi connectivity index (χ4n) is 5.04. The van der Waals surface area contributed by atoms with Crippen LogP contribution in [0.5, 0.6) is 17.2 Å².